The van der Waals surface area contributed by atoms with E-state index in [1.165, 1.54) is 11.8 Å². The van der Waals surface area contributed by atoms with Gasteiger partial charge in [0, 0.05) is 11.9 Å². The molecule has 2 rings (SSSR count). The van der Waals surface area contributed by atoms with Gasteiger partial charge in [0.1, 0.15) is 5.25 Å². The van der Waals surface area contributed by atoms with Crippen LogP contribution in [0.15, 0.2) is 29.2 Å². The first-order valence-corrected chi connectivity index (χ1v) is 7.69. The molecule has 1 aromatic rings. The van der Waals surface area contributed by atoms with E-state index in [0.717, 1.165) is 23.4 Å². The van der Waals surface area contributed by atoms with Gasteiger partial charge in [0.05, 0.1) is 11.8 Å². The number of rotatable bonds is 4. The van der Waals surface area contributed by atoms with Gasteiger partial charge < -0.3 is 10.0 Å². The van der Waals surface area contributed by atoms with Crippen molar-refractivity contribution in [1.82, 2.24) is 0 Å². The van der Waals surface area contributed by atoms with Gasteiger partial charge >= 0.3 is 0 Å². The number of thioether (sulfide) groups is 1. The molecule has 19 heavy (non-hydrogen) atoms. The van der Waals surface area contributed by atoms with Crippen LogP contribution in [0.25, 0.3) is 0 Å². The number of carbonyl (C=O) groups is 1. The van der Waals surface area contributed by atoms with Crippen LogP contribution in [0.5, 0.6) is 0 Å². The summed E-state index contributed by atoms with van der Waals surface area (Å²) in [5, 5.41) is 10.1. The number of aliphatic hydroxyl groups is 1. The first-order chi connectivity index (χ1) is 9.10. The van der Waals surface area contributed by atoms with Crippen molar-refractivity contribution in [3.05, 3.63) is 24.3 Å². The maximum Gasteiger partial charge on any atom is 0.242 e. The molecule has 0 aliphatic carbocycles. The minimum atomic E-state index is -0.580. The van der Waals surface area contributed by atoms with Gasteiger partial charge in [-0.2, -0.15) is 0 Å². The van der Waals surface area contributed by atoms with Crippen molar-refractivity contribution < 1.29 is 9.90 Å². The second-order valence-corrected chi connectivity index (χ2v) is 6.15. The molecule has 0 bridgehead atoms. The average Bonchev–Trinajstić information content (AvgIpc) is 2.44. The minimum absolute atomic E-state index is 0.00287. The highest BCUT2D eigenvalue weighted by molar-refractivity contribution is 8.01. The Hall–Kier alpha value is -1.00. The average molecular weight is 279 g/mol. The molecule has 0 saturated carbocycles. The van der Waals surface area contributed by atoms with Crippen molar-refractivity contribution >= 4 is 23.4 Å². The number of fused-ring (bicyclic) bond motifs is 1. The molecular formula is C15H21NO2S. The monoisotopic (exact) mass is 279 g/mol. The lowest BCUT2D eigenvalue weighted by molar-refractivity contribution is -0.120. The number of hydrogen-bond donors (Lipinski definition) is 1. The lowest BCUT2D eigenvalue weighted by Gasteiger charge is -2.35. The zero-order valence-electron chi connectivity index (χ0n) is 11.7. The van der Waals surface area contributed by atoms with Gasteiger partial charge in [-0.15, -0.1) is 11.8 Å². The van der Waals surface area contributed by atoms with Crippen molar-refractivity contribution in [3.8, 4) is 0 Å². The summed E-state index contributed by atoms with van der Waals surface area (Å²) in [7, 11) is 1.79. The first kappa shape index (κ1) is 14.4. The van der Waals surface area contributed by atoms with Crippen molar-refractivity contribution in [3.63, 3.8) is 0 Å². The van der Waals surface area contributed by atoms with E-state index >= 15 is 0 Å². The van der Waals surface area contributed by atoms with E-state index in [9.17, 15) is 9.90 Å². The van der Waals surface area contributed by atoms with Crippen molar-refractivity contribution in [1.29, 1.82) is 0 Å². The predicted molar refractivity (Wildman–Crippen MR) is 79.6 cm³/mol. The van der Waals surface area contributed by atoms with E-state index in [0.29, 0.717) is 0 Å². The van der Waals surface area contributed by atoms with Gasteiger partial charge in [0.2, 0.25) is 5.91 Å². The Labute approximate surface area is 119 Å². The van der Waals surface area contributed by atoms with Gasteiger partial charge in [-0.1, -0.05) is 38.8 Å². The molecule has 0 fully saturated rings. The number of benzene rings is 1. The second kappa shape index (κ2) is 5.97. The summed E-state index contributed by atoms with van der Waals surface area (Å²) >= 11 is 1.49. The topological polar surface area (TPSA) is 40.5 Å². The van der Waals surface area contributed by atoms with Crippen LogP contribution in [-0.4, -0.2) is 29.4 Å². The Kier molecular flexibility index (Phi) is 4.53. The van der Waals surface area contributed by atoms with Gasteiger partial charge in [0.25, 0.3) is 0 Å². The fraction of sp³-hybridized carbons (Fsp3) is 0.533. The maximum atomic E-state index is 12.4. The molecule has 3 nitrogen and oxygen atoms in total. The van der Waals surface area contributed by atoms with Gasteiger partial charge in [0.15, 0.2) is 0 Å². The number of hydrogen-bond acceptors (Lipinski definition) is 3. The summed E-state index contributed by atoms with van der Waals surface area (Å²) in [6, 6.07) is 7.85. The van der Waals surface area contributed by atoms with Crippen molar-refractivity contribution in [2.45, 2.75) is 42.9 Å². The largest absolute Gasteiger partial charge is 0.391 e. The molecular weight excluding hydrogens is 258 g/mol. The van der Waals surface area contributed by atoms with Crippen LogP contribution >= 0.6 is 11.8 Å². The van der Waals surface area contributed by atoms with Crippen LogP contribution in [0.3, 0.4) is 0 Å². The van der Waals surface area contributed by atoms with E-state index in [-0.39, 0.29) is 17.1 Å². The van der Waals surface area contributed by atoms with Crippen LogP contribution in [0.1, 0.15) is 26.7 Å². The summed E-state index contributed by atoms with van der Waals surface area (Å²) in [5.74, 6) is 0.184. The number of nitrogens with zero attached hydrogens (tertiary/aromatic N) is 1. The molecule has 0 radical (unpaired) electrons. The predicted octanol–water partition coefficient (Wildman–Crippen LogP) is 2.92. The lowest BCUT2D eigenvalue weighted by Crippen LogP contribution is -2.46. The number of para-hydroxylation sites is 1. The number of amides is 1. The van der Waals surface area contributed by atoms with Crippen LogP contribution < -0.4 is 4.90 Å². The molecule has 0 unspecified atom stereocenters. The zero-order valence-corrected chi connectivity index (χ0v) is 12.5. The standard InChI is InChI=1S/C15H21NO2S/c1-4-10(5-2)13(17)14-15(18)16(3)11-8-6-7-9-12(11)19-14/h6-10,13-14,17H,4-5H2,1-3H3/t13-,14-/m1/s1. The third-order valence-electron chi connectivity index (χ3n) is 3.90. The number of carbonyl (C=O) groups excluding carboxylic acids is 1. The zero-order chi connectivity index (χ0) is 14.0. The molecule has 1 aliphatic rings. The highest BCUT2D eigenvalue weighted by atomic mass is 32.2. The molecule has 1 N–H and O–H groups in total. The molecule has 1 heterocycles. The Morgan fingerprint density at radius 2 is 1.95 bits per heavy atom. The number of aliphatic hydroxyl groups excluding tert-OH is 1. The SMILES string of the molecule is CCC(CC)[C@@H](O)[C@H]1Sc2ccccc2N(C)C1=O. The highest BCUT2D eigenvalue weighted by Gasteiger charge is 2.38. The summed E-state index contributed by atoms with van der Waals surface area (Å²) in [6.07, 6.45) is 1.21. The molecule has 4 heteroatoms. The van der Waals surface area contributed by atoms with Crippen LogP contribution in [0.4, 0.5) is 5.69 Å². The van der Waals surface area contributed by atoms with Crippen LogP contribution in [-0.2, 0) is 4.79 Å². The van der Waals surface area contributed by atoms with E-state index < -0.39 is 6.10 Å². The summed E-state index contributed by atoms with van der Waals surface area (Å²) in [4.78, 5) is 15.1. The maximum absolute atomic E-state index is 12.4. The van der Waals surface area contributed by atoms with E-state index in [4.69, 9.17) is 0 Å². The Morgan fingerprint density at radius 1 is 1.32 bits per heavy atom. The summed E-state index contributed by atoms with van der Waals surface area (Å²) in [6.45, 7) is 4.13. The molecule has 1 amide bonds. The Morgan fingerprint density at radius 3 is 2.58 bits per heavy atom. The minimum Gasteiger partial charge on any atom is -0.391 e. The number of anilines is 1. The van der Waals surface area contributed by atoms with Gasteiger partial charge in [-0.3, -0.25) is 4.79 Å². The molecule has 0 saturated heterocycles. The smallest absolute Gasteiger partial charge is 0.242 e. The normalized spacial score (nSPS) is 20.6. The highest BCUT2D eigenvalue weighted by Crippen LogP contribution is 2.41. The first-order valence-electron chi connectivity index (χ1n) is 6.81. The van der Waals surface area contributed by atoms with Crippen LogP contribution in [0, 0.1) is 5.92 Å². The molecule has 104 valence electrons. The summed E-state index contributed by atoms with van der Waals surface area (Å²) in [5.41, 5.74) is 0.936. The third-order valence-corrected chi connectivity index (χ3v) is 5.23. The second-order valence-electron chi connectivity index (χ2n) is 4.97. The summed E-state index contributed by atoms with van der Waals surface area (Å²) < 4.78 is 0. The van der Waals surface area contributed by atoms with E-state index in [1.807, 2.05) is 24.3 Å². The van der Waals surface area contributed by atoms with Crippen LogP contribution in [0.2, 0.25) is 0 Å². The molecule has 1 aliphatic heterocycles. The van der Waals surface area contributed by atoms with Gasteiger partial charge in [-0.05, 0) is 18.1 Å². The molecule has 1 aromatic carbocycles. The molecule has 2 atom stereocenters. The van der Waals surface area contributed by atoms with E-state index in [2.05, 4.69) is 13.8 Å². The van der Waals surface area contributed by atoms with E-state index in [1.54, 1.807) is 11.9 Å². The quantitative estimate of drug-likeness (QED) is 0.921. The Balaban J connectivity index is 2.28. The lowest BCUT2D eigenvalue weighted by atomic mass is 9.93. The van der Waals surface area contributed by atoms with Gasteiger partial charge in [-0.25, -0.2) is 0 Å². The van der Waals surface area contributed by atoms with Crippen molar-refractivity contribution in [2.24, 2.45) is 5.92 Å². The molecule has 0 aromatic heterocycles. The molecule has 0 spiro atoms. The third kappa shape index (κ3) is 2.65. The fourth-order valence-electron chi connectivity index (χ4n) is 2.57. The Bertz CT molecular complexity index is 459. The van der Waals surface area contributed by atoms with Crippen molar-refractivity contribution in [2.75, 3.05) is 11.9 Å². The fourth-order valence-corrected chi connectivity index (χ4v) is 3.94.